The number of aliphatic hydroxyl groups is 1. The molecule has 2 N–H and O–H groups in total. The molecule has 1 aliphatic rings. The number of pyridine rings is 1. The van der Waals surface area contributed by atoms with Gasteiger partial charge < -0.3 is 15.3 Å². The van der Waals surface area contributed by atoms with E-state index < -0.39 is 5.60 Å². The van der Waals surface area contributed by atoms with Crippen LogP contribution in [0.15, 0.2) is 18.3 Å². The van der Waals surface area contributed by atoms with Crippen LogP contribution in [0.4, 0.5) is 5.82 Å². The summed E-state index contributed by atoms with van der Waals surface area (Å²) in [4.78, 5) is 6.88. The van der Waals surface area contributed by atoms with Crippen LogP contribution < -0.4 is 10.2 Å². The van der Waals surface area contributed by atoms with Crippen molar-refractivity contribution in [1.29, 1.82) is 0 Å². The average molecular weight is 263 g/mol. The zero-order valence-electron chi connectivity index (χ0n) is 12.2. The molecule has 2 atom stereocenters. The molecule has 19 heavy (non-hydrogen) atoms. The Morgan fingerprint density at radius 3 is 2.95 bits per heavy atom. The zero-order valence-corrected chi connectivity index (χ0v) is 12.2. The molecule has 4 heteroatoms. The van der Waals surface area contributed by atoms with E-state index in [1.807, 2.05) is 26.2 Å². The smallest absolute Gasteiger partial charge is 0.133 e. The van der Waals surface area contributed by atoms with Gasteiger partial charge in [-0.15, -0.1) is 0 Å². The second kappa shape index (κ2) is 5.88. The topological polar surface area (TPSA) is 48.4 Å². The van der Waals surface area contributed by atoms with Crippen molar-refractivity contribution < 1.29 is 5.11 Å². The van der Waals surface area contributed by atoms with Crippen LogP contribution in [0, 0.1) is 0 Å². The van der Waals surface area contributed by atoms with E-state index in [4.69, 9.17) is 0 Å². The second-order valence-corrected chi connectivity index (χ2v) is 5.76. The predicted molar refractivity (Wildman–Crippen MR) is 78.4 cm³/mol. The summed E-state index contributed by atoms with van der Waals surface area (Å²) in [5, 5.41) is 13.5. The summed E-state index contributed by atoms with van der Waals surface area (Å²) in [6.45, 7) is 5.92. The van der Waals surface area contributed by atoms with Gasteiger partial charge in [0, 0.05) is 30.9 Å². The van der Waals surface area contributed by atoms with Gasteiger partial charge in [-0.25, -0.2) is 4.98 Å². The van der Waals surface area contributed by atoms with Crippen molar-refractivity contribution >= 4 is 5.82 Å². The molecule has 2 unspecified atom stereocenters. The lowest BCUT2D eigenvalue weighted by atomic mass is 9.98. The van der Waals surface area contributed by atoms with Crippen molar-refractivity contribution in [1.82, 2.24) is 10.3 Å². The molecule has 2 rings (SSSR count). The van der Waals surface area contributed by atoms with Gasteiger partial charge in [-0.1, -0.05) is 6.07 Å². The van der Waals surface area contributed by atoms with Gasteiger partial charge in [-0.05, 0) is 46.2 Å². The molecule has 0 aromatic carbocycles. The third kappa shape index (κ3) is 3.45. The quantitative estimate of drug-likeness (QED) is 0.877. The zero-order chi connectivity index (χ0) is 13.9. The van der Waals surface area contributed by atoms with Gasteiger partial charge in [0.1, 0.15) is 5.82 Å². The summed E-state index contributed by atoms with van der Waals surface area (Å²) in [5.41, 5.74) is 0.699. The number of hydrogen-bond donors (Lipinski definition) is 2. The number of hydrogen-bond acceptors (Lipinski definition) is 4. The maximum atomic E-state index is 10.2. The molecular formula is C15H25N3O. The van der Waals surface area contributed by atoms with Crippen LogP contribution in [-0.4, -0.2) is 35.8 Å². The lowest BCUT2D eigenvalue weighted by molar-refractivity contribution is 0.0481. The maximum Gasteiger partial charge on any atom is 0.133 e. The lowest BCUT2D eigenvalue weighted by Gasteiger charge is -2.26. The SMILES string of the molecule is CNC(C)c1cccnc1N1CCCC(C)(O)CC1. The molecule has 0 saturated carbocycles. The van der Waals surface area contributed by atoms with Crippen molar-refractivity contribution in [2.45, 2.75) is 44.8 Å². The summed E-state index contributed by atoms with van der Waals surface area (Å²) in [7, 11) is 1.97. The van der Waals surface area contributed by atoms with Crippen LogP contribution in [0.3, 0.4) is 0 Å². The Kier molecular flexibility index (Phi) is 4.42. The molecule has 106 valence electrons. The average Bonchev–Trinajstić information content (AvgIpc) is 2.59. The second-order valence-electron chi connectivity index (χ2n) is 5.76. The molecule has 0 spiro atoms. The molecule has 2 heterocycles. The Morgan fingerprint density at radius 2 is 2.21 bits per heavy atom. The first-order chi connectivity index (χ1) is 9.03. The number of aromatic nitrogens is 1. The van der Waals surface area contributed by atoms with E-state index in [2.05, 4.69) is 28.2 Å². The fraction of sp³-hybridized carbons (Fsp3) is 0.667. The molecule has 0 amide bonds. The van der Waals surface area contributed by atoms with Crippen molar-refractivity contribution in [3.05, 3.63) is 23.9 Å². The van der Waals surface area contributed by atoms with Gasteiger partial charge in [0.25, 0.3) is 0 Å². The molecule has 1 aliphatic heterocycles. The minimum atomic E-state index is -0.529. The fourth-order valence-corrected chi connectivity index (χ4v) is 2.64. The van der Waals surface area contributed by atoms with Crippen LogP contribution in [0.1, 0.15) is 44.7 Å². The standard InChI is InChI=1S/C15H25N3O/c1-12(16-3)13-6-4-9-17-14(13)18-10-5-7-15(2,19)8-11-18/h4,6,9,12,16,19H,5,7-8,10-11H2,1-3H3. The molecule has 4 nitrogen and oxygen atoms in total. The summed E-state index contributed by atoms with van der Waals surface area (Å²) in [6.07, 6.45) is 4.53. The van der Waals surface area contributed by atoms with E-state index in [1.165, 1.54) is 5.56 Å². The van der Waals surface area contributed by atoms with Crippen LogP contribution in [0.2, 0.25) is 0 Å². The van der Waals surface area contributed by atoms with E-state index in [1.54, 1.807) is 0 Å². The first-order valence-electron chi connectivity index (χ1n) is 7.13. The summed E-state index contributed by atoms with van der Waals surface area (Å²) in [5.74, 6) is 1.06. The van der Waals surface area contributed by atoms with E-state index in [9.17, 15) is 5.11 Å². The highest BCUT2D eigenvalue weighted by Crippen LogP contribution is 2.28. The molecule has 0 radical (unpaired) electrons. The molecule has 1 saturated heterocycles. The Labute approximate surface area is 115 Å². The van der Waals surface area contributed by atoms with Crippen molar-refractivity contribution in [2.24, 2.45) is 0 Å². The first kappa shape index (κ1) is 14.3. The Balaban J connectivity index is 2.22. The Bertz CT molecular complexity index is 420. The minimum absolute atomic E-state index is 0.285. The van der Waals surface area contributed by atoms with Crippen molar-refractivity contribution in [2.75, 3.05) is 25.0 Å². The lowest BCUT2D eigenvalue weighted by Crippen LogP contribution is -2.30. The maximum absolute atomic E-state index is 10.2. The summed E-state index contributed by atoms with van der Waals surface area (Å²) < 4.78 is 0. The highest BCUT2D eigenvalue weighted by molar-refractivity contribution is 5.48. The van der Waals surface area contributed by atoms with Gasteiger partial charge in [0.2, 0.25) is 0 Å². The van der Waals surface area contributed by atoms with E-state index in [0.717, 1.165) is 38.2 Å². The minimum Gasteiger partial charge on any atom is -0.390 e. The number of anilines is 1. The highest BCUT2D eigenvalue weighted by Gasteiger charge is 2.26. The van der Waals surface area contributed by atoms with Gasteiger partial charge in [-0.3, -0.25) is 0 Å². The highest BCUT2D eigenvalue weighted by atomic mass is 16.3. The van der Waals surface area contributed by atoms with Crippen LogP contribution in [0.25, 0.3) is 0 Å². The fourth-order valence-electron chi connectivity index (χ4n) is 2.64. The van der Waals surface area contributed by atoms with Gasteiger partial charge in [-0.2, -0.15) is 0 Å². The molecule has 1 fully saturated rings. The largest absolute Gasteiger partial charge is 0.390 e. The Morgan fingerprint density at radius 1 is 1.42 bits per heavy atom. The number of nitrogens with zero attached hydrogens (tertiary/aromatic N) is 2. The molecule has 1 aromatic rings. The van der Waals surface area contributed by atoms with Crippen LogP contribution in [0.5, 0.6) is 0 Å². The van der Waals surface area contributed by atoms with E-state index in [0.29, 0.717) is 0 Å². The van der Waals surface area contributed by atoms with Crippen molar-refractivity contribution in [3.63, 3.8) is 0 Å². The predicted octanol–water partition coefficient (Wildman–Crippen LogP) is 2.10. The van der Waals surface area contributed by atoms with Crippen LogP contribution in [-0.2, 0) is 0 Å². The van der Waals surface area contributed by atoms with Gasteiger partial charge >= 0.3 is 0 Å². The summed E-state index contributed by atoms with van der Waals surface area (Å²) >= 11 is 0. The Hall–Kier alpha value is -1.13. The first-order valence-corrected chi connectivity index (χ1v) is 7.13. The third-order valence-corrected chi connectivity index (χ3v) is 4.08. The van der Waals surface area contributed by atoms with Crippen LogP contribution >= 0.6 is 0 Å². The third-order valence-electron chi connectivity index (χ3n) is 4.08. The van der Waals surface area contributed by atoms with Gasteiger partial charge in [0.05, 0.1) is 5.60 Å². The molecular weight excluding hydrogens is 238 g/mol. The monoisotopic (exact) mass is 263 g/mol. The molecule has 1 aromatic heterocycles. The normalized spacial score (nSPS) is 26.0. The van der Waals surface area contributed by atoms with Gasteiger partial charge in [0.15, 0.2) is 0 Å². The van der Waals surface area contributed by atoms with Crippen molar-refractivity contribution in [3.8, 4) is 0 Å². The van der Waals surface area contributed by atoms with E-state index in [-0.39, 0.29) is 6.04 Å². The molecule has 0 aliphatic carbocycles. The number of rotatable bonds is 3. The van der Waals surface area contributed by atoms with E-state index >= 15 is 0 Å². The molecule has 0 bridgehead atoms. The number of nitrogens with one attached hydrogen (secondary N) is 1. The summed E-state index contributed by atoms with van der Waals surface area (Å²) in [6, 6.07) is 4.40.